The molecule has 1 N–H and O–H groups in total. The molecule has 3 atom stereocenters. The summed E-state index contributed by atoms with van der Waals surface area (Å²) < 4.78 is 0. The minimum atomic E-state index is -0.478. The Bertz CT molecular complexity index is 373. The molecule has 2 fully saturated rings. The quantitative estimate of drug-likeness (QED) is 0.666. The second kappa shape index (κ2) is 3.29. The Morgan fingerprint density at radius 3 is 2.31 bits per heavy atom. The van der Waals surface area contributed by atoms with Crippen LogP contribution in [-0.4, -0.2) is 36.3 Å². The molecule has 1 heterocycles. The summed E-state index contributed by atoms with van der Waals surface area (Å²) in [6.45, 7) is 4.04. The molecule has 0 spiro atoms. The maximum atomic E-state index is 11.9. The number of piperidine rings is 1. The molecule has 2 amide bonds. The summed E-state index contributed by atoms with van der Waals surface area (Å²) in [7, 11) is 1.64. The summed E-state index contributed by atoms with van der Waals surface area (Å²) in [4.78, 5) is 25.0. The zero-order valence-electron chi connectivity index (χ0n) is 9.65. The van der Waals surface area contributed by atoms with Crippen LogP contribution in [-0.2, 0) is 9.59 Å². The first kappa shape index (κ1) is 11.1. The highest BCUT2D eigenvalue weighted by molar-refractivity contribution is 6.10. The molecule has 5 nitrogen and oxygen atoms in total. The van der Waals surface area contributed by atoms with Crippen molar-refractivity contribution in [3.8, 4) is 6.07 Å². The lowest BCUT2D eigenvalue weighted by molar-refractivity contribution is -0.143. The molecule has 5 heteroatoms. The summed E-state index contributed by atoms with van der Waals surface area (Å²) in [5.74, 6) is -0.543. The van der Waals surface area contributed by atoms with Crippen molar-refractivity contribution < 1.29 is 9.59 Å². The predicted molar refractivity (Wildman–Crippen MR) is 55.9 cm³/mol. The minimum absolute atomic E-state index is 0.115. The lowest BCUT2D eigenvalue weighted by Gasteiger charge is -2.22. The lowest BCUT2D eigenvalue weighted by Crippen LogP contribution is -2.44. The lowest BCUT2D eigenvalue weighted by atomic mass is 10.1. The van der Waals surface area contributed by atoms with E-state index in [4.69, 9.17) is 5.26 Å². The standard InChI is InChI=1S/C11H15N3O2/c1-11(2)7-8(11)10(16)14(9(7)15)5-6(4-12)13-3/h6-8,13H,5H2,1-3H3. The Morgan fingerprint density at radius 1 is 1.44 bits per heavy atom. The fourth-order valence-corrected chi connectivity index (χ4v) is 2.56. The summed E-state index contributed by atoms with van der Waals surface area (Å²) in [6, 6.07) is 1.53. The summed E-state index contributed by atoms with van der Waals surface area (Å²) in [6.07, 6.45) is 0. The van der Waals surface area contributed by atoms with Gasteiger partial charge in [0.05, 0.1) is 24.4 Å². The van der Waals surface area contributed by atoms with Gasteiger partial charge < -0.3 is 5.32 Å². The van der Waals surface area contributed by atoms with Crippen molar-refractivity contribution in [2.24, 2.45) is 17.3 Å². The van der Waals surface area contributed by atoms with Crippen molar-refractivity contribution in [2.45, 2.75) is 19.9 Å². The van der Waals surface area contributed by atoms with Crippen LogP contribution in [0.1, 0.15) is 13.8 Å². The second-order valence-corrected chi connectivity index (χ2v) is 5.03. The van der Waals surface area contributed by atoms with Gasteiger partial charge in [0.1, 0.15) is 6.04 Å². The Hall–Kier alpha value is -1.41. The van der Waals surface area contributed by atoms with Crippen LogP contribution < -0.4 is 5.32 Å². The number of likely N-dealkylation sites (N-methyl/N-ethyl adjacent to an activating group) is 1. The molecule has 1 aliphatic heterocycles. The topological polar surface area (TPSA) is 73.2 Å². The fraction of sp³-hybridized carbons (Fsp3) is 0.727. The van der Waals surface area contributed by atoms with Gasteiger partial charge in [0.25, 0.3) is 0 Å². The third-order valence-corrected chi connectivity index (χ3v) is 3.76. The van der Waals surface area contributed by atoms with Crippen molar-refractivity contribution in [2.75, 3.05) is 13.6 Å². The first-order valence-electron chi connectivity index (χ1n) is 5.37. The maximum absolute atomic E-state index is 11.9. The molecule has 3 unspecified atom stereocenters. The zero-order valence-corrected chi connectivity index (χ0v) is 9.65. The van der Waals surface area contributed by atoms with Gasteiger partial charge in [-0.1, -0.05) is 13.8 Å². The molecule has 16 heavy (non-hydrogen) atoms. The smallest absolute Gasteiger partial charge is 0.233 e. The van der Waals surface area contributed by atoms with E-state index in [2.05, 4.69) is 5.32 Å². The SMILES string of the molecule is CNC(C#N)CN1C(=O)C2C(C1=O)C2(C)C. The first-order chi connectivity index (χ1) is 7.45. The van der Waals surface area contributed by atoms with Crippen LogP contribution in [0.15, 0.2) is 0 Å². The molecule has 0 aromatic heterocycles. The van der Waals surface area contributed by atoms with E-state index in [0.29, 0.717) is 0 Å². The van der Waals surface area contributed by atoms with Crippen LogP contribution in [0.2, 0.25) is 0 Å². The highest BCUT2D eigenvalue weighted by Gasteiger charge is 2.72. The van der Waals surface area contributed by atoms with Gasteiger partial charge in [-0.2, -0.15) is 5.26 Å². The number of carbonyl (C=O) groups excluding carboxylic acids is 2. The summed E-state index contributed by atoms with van der Waals surface area (Å²) in [5, 5.41) is 11.5. The first-order valence-corrected chi connectivity index (χ1v) is 5.37. The van der Waals surface area contributed by atoms with Gasteiger partial charge in [-0.05, 0) is 12.5 Å². The number of rotatable bonds is 3. The van der Waals surface area contributed by atoms with Gasteiger partial charge in [-0.25, -0.2) is 0 Å². The molecule has 0 aromatic carbocycles. The molecule has 0 aromatic rings. The number of amides is 2. The predicted octanol–water partition coefficient (Wildman–Crippen LogP) is -0.261. The summed E-state index contributed by atoms with van der Waals surface area (Å²) >= 11 is 0. The van der Waals surface area contributed by atoms with Gasteiger partial charge in [0, 0.05) is 0 Å². The minimum Gasteiger partial charge on any atom is -0.304 e. The van der Waals surface area contributed by atoms with E-state index in [1.807, 2.05) is 19.9 Å². The Kier molecular flexibility index (Phi) is 2.28. The normalized spacial score (nSPS) is 32.2. The molecule has 1 saturated heterocycles. The van der Waals surface area contributed by atoms with Crippen LogP contribution in [0.25, 0.3) is 0 Å². The van der Waals surface area contributed by atoms with Gasteiger partial charge in [0.15, 0.2) is 0 Å². The molecule has 0 bridgehead atoms. The van der Waals surface area contributed by atoms with Crippen molar-refractivity contribution >= 4 is 11.8 Å². The van der Waals surface area contributed by atoms with Crippen LogP contribution in [0.3, 0.4) is 0 Å². The molecule has 1 aliphatic carbocycles. The highest BCUT2D eigenvalue weighted by atomic mass is 16.2. The van der Waals surface area contributed by atoms with Gasteiger partial charge >= 0.3 is 0 Å². The molecule has 86 valence electrons. The second-order valence-electron chi connectivity index (χ2n) is 5.03. The van der Waals surface area contributed by atoms with Crippen LogP contribution in [0.5, 0.6) is 0 Å². The number of nitrogens with one attached hydrogen (secondary N) is 1. The monoisotopic (exact) mass is 221 g/mol. The average molecular weight is 221 g/mol. The number of carbonyl (C=O) groups is 2. The molecule has 2 rings (SSSR count). The van der Waals surface area contributed by atoms with Crippen LogP contribution in [0.4, 0.5) is 0 Å². The third kappa shape index (κ3) is 1.26. The van der Waals surface area contributed by atoms with E-state index in [0.717, 1.165) is 0 Å². The van der Waals surface area contributed by atoms with Crippen LogP contribution in [0, 0.1) is 28.6 Å². The van der Waals surface area contributed by atoms with Crippen molar-refractivity contribution in [3.63, 3.8) is 0 Å². The number of nitriles is 1. The van der Waals surface area contributed by atoms with E-state index in [1.165, 1.54) is 4.90 Å². The van der Waals surface area contributed by atoms with Crippen LogP contribution >= 0.6 is 0 Å². The number of imide groups is 1. The maximum Gasteiger partial charge on any atom is 0.233 e. The fourth-order valence-electron chi connectivity index (χ4n) is 2.56. The van der Waals surface area contributed by atoms with Gasteiger partial charge in [0.2, 0.25) is 11.8 Å². The molecule has 2 aliphatic rings. The van der Waals surface area contributed by atoms with E-state index in [9.17, 15) is 9.59 Å². The molecule has 0 radical (unpaired) electrons. The Morgan fingerprint density at radius 2 is 1.94 bits per heavy atom. The molecule has 1 saturated carbocycles. The van der Waals surface area contributed by atoms with Crippen molar-refractivity contribution in [3.05, 3.63) is 0 Å². The number of nitrogens with zero attached hydrogens (tertiary/aromatic N) is 2. The van der Waals surface area contributed by atoms with Crippen molar-refractivity contribution in [1.29, 1.82) is 5.26 Å². The largest absolute Gasteiger partial charge is 0.304 e. The molecular formula is C11H15N3O2. The van der Waals surface area contributed by atoms with E-state index in [-0.39, 0.29) is 35.6 Å². The van der Waals surface area contributed by atoms with Gasteiger partial charge in [-0.3, -0.25) is 14.5 Å². The van der Waals surface area contributed by atoms with E-state index < -0.39 is 6.04 Å². The Labute approximate surface area is 94.4 Å². The molecular weight excluding hydrogens is 206 g/mol. The highest BCUT2D eigenvalue weighted by Crippen LogP contribution is 2.63. The van der Waals surface area contributed by atoms with Gasteiger partial charge in [-0.15, -0.1) is 0 Å². The average Bonchev–Trinajstić information content (AvgIpc) is 2.70. The number of fused-ring (bicyclic) bond motifs is 1. The zero-order chi connectivity index (χ0) is 12.1. The number of hydrogen-bond acceptors (Lipinski definition) is 4. The Balaban J connectivity index is 2.09. The number of likely N-dealkylation sites (tertiary alicyclic amines) is 1. The number of hydrogen-bond donors (Lipinski definition) is 1. The van der Waals surface area contributed by atoms with E-state index >= 15 is 0 Å². The van der Waals surface area contributed by atoms with Crippen molar-refractivity contribution in [1.82, 2.24) is 10.2 Å². The van der Waals surface area contributed by atoms with E-state index in [1.54, 1.807) is 7.05 Å². The summed E-state index contributed by atoms with van der Waals surface area (Å²) in [5.41, 5.74) is -0.174. The third-order valence-electron chi connectivity index (χ3n) is 3.76.